The molecule has 10 rings (SSSR count). The van der Waals surface area contributed by atoms with Crippen molar-refractivity contribution in [3.05, 3.63) is 108 Å². The number of fused-ring (bicyclic) bond motifs is 5. The summed E-state index contributed by atoms with van der Waals surface area (Å²) in [4.78, 5) is 5.08. The first-order valence-corrected chi connectivity index (χ1v) is 13.8. The maximum atomic E-state index is 6.74. The molecule has 5 nitrogen and oxygen atoms in total. The van der Waals surface area contributed by atoms with Crippen LogP contribution in [0.2, 0.25) is 0 Å². The fourth-order valence-electron chi connectivity index (χ4n) is 7.54. The molecule has 0 aliphatic carbocycles. The smallest absolute Gasteiger partial charge is 0.261 e. The Bertz CT molecular complexity index is 2190. The lowest BCUT2D eigenvalue weighted by molar-refractivity contribution is 0.459. The second-order valence-corrected chi connectivity index (χ2v) is 11.6. The summed E-state index contributed by atoms with van der Waals surface area (Å²) in [6.07, 6.45) is 0. The van der Waals surface area contributed by atoms with E-state index in [2.05, 4.69) is 114 Å². The van der Waals surface area contributed by atoms with Crippen LogP contribution in [-0.2, 0) is 5.41 Å². The molecule has 0 amide bonds. The molecule has 0 saturated carbocycles. The first-order valence-electron chi connectivity index (χ1n) is 13.8. The Labute approximate surface area is 230 Å². The van der Waals surface area contributed by atoms with E-state index in [4.69, 9.17) is 14.5 Å². The van der Waals surface area contributed by atoms with Gasteiger partial charge in [0.1, 0.15) is 23.0 Å². The Morgan fingerprint density at radius 1 is 0.625 bits per heavy atom. The highest BCUT2D eigenvalue weighted by Gasteiger charge is 2.49. The zero-order valence-electron chi connectivity index (χ0n) is 22.0. The maximum absolute atomic E-state index is 6.74. The van der Waals surface area contributed by atoms with E-state index in [0.29, 0.717) is 0 Å². The van der Waals surface area contributed by atoms with E-state index in [1.54, 1.807) is 0 Å². The molecule has 3 aliphatic rings. The highest BCUT2D eigenvalue weighted by Crippen LogP contribution is 2.44. The van der Waals surface area contributed by atoms with E-state index in [1.807, 2.05) is 6.07 Å². The van der Waals surface area contributed by atoms with Crippen molar-refractivity contribution >= 4 is 50.9 Å². The normalized spacial score (nSPS) is 15.3. The van der Waals surface area contributed by atoms with E-state index < -0.39 is 0 Å². The van der Waals surface area contributed by atoms with Gasteiger partial charge < -0.3 is 9.47 Å². The fraction of sp³-hybridized carbons (Fsp3) is 0.0882. The number of rotatable bonds is 1. The SMILES string of the molecule is CC1(C)c2cccc3c2B2c4c(cc(-n5c6ccccc6n6c7ccccc7nc56)cc4Oc4cccc1c42)O3. The summed E-state index contributed by atoms with van der Waals surface area (Å²) < 4.78 is 18.0. The van der Waals surface area contributed by atoms with Crippen molar-refractivity contribution in [3.63, 3.8) is 0 Å². The van der Waals surface area contributed by atoms with E-state index in [-0.39, 0.29) is 12.1 Å². The molecule has 6 heteroatoms. The highest BCUT2D eigenvalue weighted by molar-refractivity contribution is 6.99. The summed E-state index contributed by atoms with van der Waals surface area (Å²) in [6.45, 7) is 4.70. The zero-order valence-corrected chi connectivity index (χ0v) is 22.0. The van der Waals surface area contributed by atoms with Gasteiger partial charge in [0.25, 0.3) is 6.71 Å². The van der Waals surface area contributed by atoms with Gasteiger partial charge >= 0.3 is 0 Å². The molecule has 0 radical (unpaired) electrons. The lowest BCUT2D eigenvalue weighted by Crippen LogP contribution is -2.64. The average Bonchev–Trinajstić information content (AvgIpc) is 3.50. The average molecular weight is 515 g/mol. The van der Waals surface area contributed by atoms with Crippen molar-refractivity contribution < 1.29 is 9.47 Å². The molecule has 0 unspecified atom stereocenters. The third kappa shape index (κ3) is 2.31. The Balaban J connectivity index is 1.30. The van der Waals surface area contributed by atoms with Gasteiger partial charge in [0.15, 0.2) is 0 Å². The van der Waals surface area contributed by atoms with Crippen LogP contribution >= 0.6 is 0 Å². The molecule has 3 aliphatic heterocycles. The molecule has 5 heterocycles. The Kier molecular flexibility index (Phi) is 3.55. The van der Waals surface area contributed by atoms with Crippen molar-refractivity contribution in [2.75, 3.05) is 0 Å². The molecule has 5 aromatic carbocycles. The van der Waals surface area contributed by atoms with Gasteiger partial charge in [-0.05, 0) is 58.5 Å². The van der Waals surface area contributed by atoms with Gasteiger partial charge in [-0.1, -0.05) is 62.4 Å². The molecule has 0 N–H and O–H groups in total. The Morgan fingerprint density at radius 2 is 1.23 bits per heavy atom. The molecule has 2 aromatic heterocycles. The molecular weight excluding hydrogens is 493 g/mol. The van der Waals surface area contributed by atoms with Crippen LogP contribution in [0.25, 0.3) is 33.5 Å². The van der Waals surface area contributed by atoms with Gasteiger partial charge in [0.2, 0.25) is 5.78 Å². The van der Waals surface area contributed by atoms with Crippen LogP contribution in [0.4, 0.5) is 0 Å². The minimum absolute atomic E-state index is 0.0856. The first-order chi connectivity index (χ1) is 19.6. The summed E-state index contributed by atoms with van der Waals surface area (Å²) in [6, 6.07) is 34.1. The lowest BCUT2D eigenvalue weighted by Gasteiger charge is -2.44. The van der Waals surface area contributed by atoms with Crippen LogP contribution in [-0.4, -0.2) is 20.7 Å². The van der Waals surface area contributed by atoms with E-state index >= 15 is 0 Å². The van der Waals surface area contributed by atoms with Gasteiger partial charge in [-0.15, -0.1) is 0 Å². The predicted molar refractivity (Wildman–Crippen MR) is 159 cm³/mol. The lowest BCUT2D eigenvalue weighted by atomic mass is 9.30. The number of benzene rings is 5. The summed E-state index contributed by atoms with van der Waals surface area (Å²) in [7, 11) is 0. The number of imidazole rings is 2. The Hall–Kier alpha value is -4.97. The van der Waals surface area contributed by atoms with Gasteiger partial charge in [0, 0.05) is 23.0 Å². The molecule has 40 heavy (non-hydrogen) atoms. The summed E-state index contributed by atoms with van der Waals surface area (Å²) in [5.74, 6) is 4.42. The quantitative estimate of drug-likeness (QED) is 0.260. The zero-order chi connectivity index (χ0) is 26.3. The van der Waals surface area contributed by atoms with Crippen LogP contribution in [0.5, 0.6) is 23.0 Å². The first kappa shape index (κ1) is 20.9. The molecule has 0 spiro atoms. The third-order valence-electron chi connectivity index (χ3n) is 9.24. The van der Waals surface area contributed by atoms with Crippen molar-refractivity contribution in [2.45, 2.75) is 19.3 Å². The van der Waals surface area contributed by atoms with Crippen molar-refractivity contribution in [2.24, 2.45) is 0 Å². The second kappa shape index (κ2) is 6.78. The Morgan fingerprint density at radius 3 is 1.90 bits per heavy atom. The topological polar surface area (TPSA) is 40.7 Å². The van der Waals surface area contributed by atoms with Crippen LogP contribution in [0, 0.1) is 0 Å². The highest BCUT2D eigenvalue weighted by atomic mass is 16.5. The van der Waals surface area contributed by atoms with Crippen LogP contribution in [0.15, 0.2) is 97.1 Å². The minimum Gasteiger partial charge on any atom is -0.458 e. The summed E-state index contributed by atoms with van der Waals surface area (Å²) in [5.41, 5.74) is 11.4. The third-order valence-corrected chi connectivity index (χ3v) is 9.24. The molecular formula is C34H22BN3O2. The molecule has 0 fully saturated rings. The van der Waals surface area contributed by atoms with E-state index in [0.717, 1.165) is 62.0 Å². The molecule has 7 aromatic rings. The molecule has 0 atom stereocenters. The van der Waals surface area contributed by atoms with Gasteiger partial charge in [0.05, 0.1) is 27.8 Å². The van der Waals surface area contributed by atoms with Crippen molar-refractivity contribution in [3.8, 4) is 28.7 Å². The van der Waals surface area contributed by atoms with E-state index in [9.17, 15) is 0 Å². The summed E-state index contributed by atoms with van der Waals surface area (Å²) >= 11 is 0. The van der Waals surface area contributed by atoms with Crippen molar-refractivity contribution in [1.29, 1.82) is 0 Å². The van der Waals surface area contributed by atoms with Gasteiger partial charge in [-0.3, -0.25) is 8.97 Å². The van der Waals surface area contributed by atoms with Gasteiger partial charge in [-0.25, -0.2) is 4.98 Å². The van der Waals surface area contributed by atoms with Crippen molar-refractivity contribution in [1.82, 2.24) is 14.0 Å². The van der Waals surface area contributed by atoms with E-state index in [1.165, 1.54) is 22.1 Å². The van der Waals surface area contributed by atoms with Crippen LogP contribution in [0.3, 0.4) is 0 Å². The number of nitrogens with zero attached hydrogens (tertiary/aromatic N) is 3. The molecule has 188 valence electrons. The molecule has 0 bridgehead atoms. The van der Waals surface area contributed by atoms with Crippen LogP contribution in [0.1, 0.15) is 25.0 Å². The van der Waals surface area contributed by atoms with Crippen LogP contribution < -0.4 is 25.9 Å². The predicted octanol–water partition coefficient (Wildman–Crippen LogP) is 5.80. The number of ether oxygens (including phenoxy) is 2. The largest absolute Gasteiger partial charge is 0.458 e. The molecule has 0 saturated heterocycles. The number of hydrogen-bond donors (Lipinski definition) is 0. The minimum atomic E-state index is -0.146. The number of hydrogen-bond acceptors (Lipinski definition) is 3. The maximum Gasteiger partial charge on any atom is 0.261 e. The summed E-state index contributed by atoms with van der Waals surface area (Å²) in [5, 5.41) is 0. The number of para-hydroxylation sites is 4. The standard InChI is InChI=1S/C34H22BN3O2/c1-34(2)20-9-7-15-26-30(20)35-31-21(34)10-8-16-27(31)40-29-18-19(17-28(39-26)32(29)35)37-24-13-5-6-14-25(24)38-23-12-4-3-11-22(23)36-33(37)38/h3-18H,1-2H3. The monoisotopic (exact) mass is 515 g/mol. The second-order valence-electron chi connectivity index (χ2n) is 11.6. The fourth-order valence-corrected chi connectivity index (χ4v) is 7.54. The number of aromatic nitrogens is 3. The van der Waals surface area contributed by atoms with Gasteiger partial charge in [-0.2, -0.15) is 0 Å².